The average molecular weight is 214 g/mol. The summed E-state index contributed by atoms with van der Waals surface area (Å²) in [5.41, 5.74) is 3.69. The molecule has 1 aromatic heterocycles. The van der Waals surface area contributed by atoms with E-state index in [2.05, 4.69) is 49.3 Å². The van der Waals surface area contributed by atoms with Crippen molar-refractivity contribution in [2.75, 3.05) is 6.54 Å². The van der Waals surface area contributed by atoms with Crippen molar-refractivity contribution in [3.05, 3.63) is 41.6 Å². The maximum absolute atomic E-state index is 4.42. The van der Waals surface area contributed by atoms with E-state index in [0.717, 1.165) is 12.1 Å². The van der Waals surface area contributed by atoms with Gasteiger partial charge in [0.2, 0.25) is 0 Å². The lowest BCUT2D eigenvalue weighted by molar-refractivity contribution is 0.601. The van der Waals surface area contributed by atoms with Crippen LogP contribution in [0.2, 0.25) is 0 Å². The van der Waals surface area contributed by atoms with Crippen LogP contribution in [0, 0.1) is 6.92 Å². The maximum atomic E-state index is 4.42. The van der Waals surface area contributed by atoms with Crippen LogP contribution in [-0.4, -0.2) is 11.5 Å². The van der Waals surface area contributed by atoms with Crippen LogP contribution in [0.5, 0.6) is 0 Å². The van der Waals surface area contributed by atoms with Gasteiger partial charge in [0.25, 0.3) is 0 Å². The lowest BCUT2D eigenvalue weighted by Gasteiger charge is -2.16. The molecule has 2 heteroatoms. The zero-order valence-electron chi connectivity index (χ0n) is 10.1. The Labute approximate surface area is 96.7 Å². The fourth-order valence-electron chi connectivity index (χ4n) is 2.13. The number of hydrogen-bond acceptors (Lipinski definition) is 2. The molecule has 0 aliphatic rings. The normalized spacial score (nSPS) is 12.9. The van der Waals surface area contributed by atoms with Crippen molar-refractivity contribution in [2.24, 2.45) is 0 Å². The molecule has 84 valence electrons. The molecule has 2 nitrogen and oxygen atoms in total. The first-order valence-electron chi connectivity index (χ1n) is 5.81. The van der Waals surface area contributed by atoms with Crippen molar-refractivity contribution in [3.8, 4) is 0 Å². The summed E-state index contributed by atoms with van der Waals surface area (Å²) in [5, 5.41) is 4.70. The second-order valence-corrected chi connectivity index (χ2v) is 4.20. The van der Waals surface area contributed by atoms with Crippen molar-refractivity contribution in [3.63, 3.8) is 0 Å². The van der Waals surface area contributed by atoms with E-state index < -0.39 is 0 Å². The van der Waals surface area contributed by atoms with Gasteiger partial charge < -0.3 is 5.32 Å². The van der Waals surface area contributed by atoms with Crippen molar-refractivity contribution >= 4 is 10.9 Å². The van der Waals surface area contributed by atoms with Crippen LogP contribution in [0.15, 0.2) is 30.5 Å². The Balaban J connectivity index is 2.58. The quantitative estimate of drug-likeness (QED) is 0.848. The molecule has 2 rings (SSSR count). The van der Waals surface area contributed by atoms with E-state index in [-0.39, 0.29) is 0 Å². The summed E-state index contributed by atoms with van der Waals surface area (Å²) < 4.78 is 0. The molecule has 1 heterocycles. The molecule has 0 aliphatic carbocycles. The monoisotopic (exact) mass is 214 g/mol. The van der Waals surface area contributed by atoms with Crippen molar-refractivity contribution in [1.82, 2.24) is 10.3 Å². The predicted octanol–water partition coefficient (Wildman–Crippen LogP) is 3.21. The second kappa shape index (κ2) is 4.62. The number of nitrogens with zero attached hydrogens (tertiary/aromatic N) is 1. The number of fused-ring (bicyclic) bond motifs is 1. The lowest BCUT2D eigenvalue weighted by Crippen LogP contribution is -2.18. The van der Waals surface area contributed by atoms with Gasteiger partial charge in [-0.3, -0.25) is 4.98 Å². The molecule has 1 N–H and O–H groups in total. The van der Waals surface area contributed by atoms with Crippen LogP contribution in [0.3, 0.4) is 0 Å². The highest BCUT2D eigenvalue weighted by atomic mass is 14.9. The molecule has 0 amide bonds. The fraction of sp³-hybridized carbons (Fsp3) is 0.357. The van der Waals surface area contributed by atoms with Gasteiger partial charge in [-0.1, -0.05) is 19.1 Å². The Morgan fingerprint density at radius 1 is 1.38 bits per heavy atom. The molecule has 0 spiro atoms. The number of aryl methyl sites for hydroxylation is 1. The van der Waals surface area contributed by atoms with E-state index in [1.54, 1.807) is 0 Å². The summed E-state index contributed by atoms with van der Waals surface area (Å²) in [6, 6.07) is 8.90. The van der Waals surface area contributed by atoms with Gasteiger partial charge in [0, 0.05) is 17.6 Å². The van der Waals surface area contributed by atoms with E-state index in [1.807, 2.05) is 12.3 Å². The van der Waals surface area contributed by atoms with E-state index in [4.69, 9.17) is 0 Å². The maximum Gasteiger partial charge on any atom is 0.0707 e. The zero-order valence-corrected chi connectivity index (χ0v) is 10.1. The number of benzene rings is 1. The average Bonchev–Trinajstić information content (AvgIpc) is 2.28. The number of aromatic nitrogens is 1. The third-order valence-corrected chi connectivity index (χ3v) is 2.87. The molecule has 0 aliphatic heterocycles. The predicted molar refractivity (Wildman–Crippen MR) is 68.6 cm³/mol. The zero-order chi connectivity index (χ0) is 11.5. The molecular formula is C14H18N2. The Kier molecular flexibility index (Phi) is 3.20. The molecule has 0 radical (unpaired) electrons. The van der Waals surface area contributed by atoms with Crippen LogP contribution in [0.1, 0.15) is 31.0 Å². The van der Waals surface area contributed by atoms with Crippen molar-refractivity contribution in [1.29, 1.82) is 0 Å². The second-order valence-electron chi connectivity index (χ2n) is 4.20. The highest BCUT2D eigenvalue weighted by molar-refractivity contribution is 5.83. The highest BCUT2D eigenvalue weighted by Crippen LogP contribution is 2.24. The molecule has 0 fully saturated rings. The Hall–Kier alpha value is -1.41. The minimum atomic E-state index is 0.372. The largest absolute Gasteiger partial charge is 0.310 e. The molecule has 0 saturated carbocycles. The number of rotatable bonds is 3. The summed E-state index contributed by atoms with van der Waals surface area (Å²) >= 11 is 0. The molecule has 16 heavy (non-hydrogen) atoms. The minimum Gasteiger partial charge on any atom is -0.310 e. The molecule has 1 unspecified atom stereocenters. The fourth-order valence-corrected chi connectivity index (χ4v) is 2.13. The number of pyridine rings is 1. The van der Waals surface area contributed by atoms with E-state index >= 15 is 0 Å². The molecule has 0 saturated heterocycles. The highest BCUT2D eigenvalue weighted by Gasteiger charge is 2.09. The third kappa shape index (κ3) is 2.07. The van der Waals surface area contributed by atoms with E-state index in [1.165, 1.54) is 16.5 Å². The van der Waals surface area contributed by atoms with Gasteiger partial charge in [-0.05, 0) is 43.7 Å². The third-order valence-electron chi connectivity index (χ3n) is 2.87. The summed E-state index contributed by atoms with van der Waals surface area (Å²) in [4.78, 5) is 4.42. The van der Waals surface area contributed by atoms with Crippen LogP contribution in [0.4, 0.5) is 0 Å². The van der Waals surface area contributed by atoms with Gasteiger partial charge in [0.15, 0.2) is 0 Å². The summed E-state index contributed by atoms with van der Waals surface area (Å²) in [5.74, 6) is 0. The molecule has 0 bridgehead atoms. The minimum absolute atomic E-state index is 0.372. The first-order chi connectivity index (χ1) is 7.72. The van der Waals surface area contributed by atoms with Gasteiger partial charge in [-0.15, -0.1) is 0 Å². The van der Waals surface area contributed by atoms with Crippen LogP contribution >= 0.6 is 0 Å². The molecule has 2 aromatic rings. The number of nitrogens with one attached hydrogen (secondary N) is 1. The smallest absolute Gasteiger partial charge is 0.0707 e. The molecular weight excluding hydrogens is 196 g/mol. The lowest BCUT2D eigenvalue weighted by atomic mass is 10.00. The van der Waals surface area contributed by atoms with Gasteiger partial charge >= 0.3 is 0 Å². The van der Waals surface area contributed by atoms with Crippen molar-refractivity contribution in [2.45, 2.75) is 26.8 Å². The van der Waals surface area contributed by atoms with Crippen molar-refractivity contribution < 1.29 is 0 Å². The van der Waals surface area contributed by atoms with E-state index in [9.17, 15) is 0 Å². The Morgan fingerprint density at radius 2 is 2.19 bits per heavy atom. The SMILES string of the molecule is CCNC(C)c1cc(C)cc2ncccc12. The summed E-state index contributed by atoms with van der Waals surface area (Å²) in [6.07, 6.45) is 1.85. The van der Waals surface area contributed by atoms with Crippen LogP contribution in [-0.2, 0) is 0 Å². The van der Waals surface area contributed by atoms with Gasteiger partial charge in [0.1, 0.15) is 0 Å². The Bertz CT molecular complexity index is 491. The van der Waals surface area contributed by atoms with Gasteiger partial charge in [-0.25, -0.2) is 0 Å². The van der Waals surface area contributed by atoms with Crippen LogP contribution in [0.25, 0.3) is 10.9 Å². The topological polar surface area (TPSA) is 24.9 Å². The standard InChI is InChI=1S/C14H18N2/c1-4-15-11(3)13-8-10(2)9-14-12(13)6-5-7-16-14/h5-9,11,15H,4H2,1-3H3. The Morgan fingerprint density at radius 3 is 2.94 bits per heavy atom. The molecule has 1 aromatic carbocycles. The van der Waals surface area contributed by atoms with Gasteiger partial charge in [-0.2, -0.15) is 0 Å². The summed E-state index contributed by atoms with van der Waals surface area (Å²) in [7, 11) is 0. The van der Waals surface area contributed by atoms with E-state index in [0.29, 0.717) is 6.04 Å². The van der Waals surface area contributed by atoms with Gasteiger partial charge in [0.05, 0.1) is 5.52 Å². The first-order valence-corrected chi connectivity index (χ1v) is 5.81. The number of hydrogen-bond donors (Lipinski definition) is 1. The van der Waals surface area contributed by atoms with Crippen LogP contribution < -0.4 is 5.32 Å². The first kappa shape index (κ1) is 11.1. The molecule has 1 atom stereocenters. The summed E-state index contributed by atoms with van der Waals surface area (Å²) in [6.45, 7) is 7.44.